The molecule has 0 aliphatic heterocycles. The molecule has 0 N–H and O–H groups in total. The maximum absolute atomic E-state index is 10.8. The van der Waals surface area contributed by atoms with Gasteiger partial charge in [0.2, 0.25) is 0 Å². The van der Waals surface area contributed by atoms with Crippen molar-refractivity contribution in [2.24, 2.45) is 11.8 Å². The second-order valence-corrected chi connectivity index (χ2v) is 2.90. The van der Waals surface area contributed by atoms with E-state index in [1.165, 1.54) is 0 Å². The van der Waals surface area contributed by atoms with Crippen LogP contribution in [0.3, 0.4) is 0 Å². The van der Waals surface area contributed by atoms with E-state index in [2.05, 4.69) is 0 Å². The smallest absolute Gasteiger partial charge is 0.150 e. The molecule has 0 saturated carbocycles. The number of rotatable bonds is 3. The van der Waals surface area contributed by atoms with E-state index in [9.17, 15) is 4.79 Å². The third kappa shape index (κ3) is 2.85. The van der Waals surface area contributed by atoms with Crippen LogP contribution in [0.5, 0.6) is 0 Å². The number of ketones is 1. The van der Waals surface area contributed by atoms with Crippen molar-refractivity contribution in [3.63, 3.8) is 0 Å². The number of Topliss-reactive ketones (excluding diaryl/α,β-unsaturated/α-hetero) is 1. The maximum Gasteiger partial charge on any atom is 0.150 e. The van der Waals surface area contributed by atoms with Gasteiger partial charge in [-0.1, -0.05) is 20.8 Å². The monoisotopic (exact) mass is 148 g/mol. The van der Waals surface area contributed by atoms with Crippen LogP contribution < -0.4 is 0 Å². The first-order valence-electron chi connectivity index (χ1n) is 3.18. The van der Waals surface area contributed by atoms with Gasteiger partial charge in [0.1, 0.15) is 0 Å². The van der Waals surface area contributed by atoms with Crippen molar-refractivity contribution < 1.29 is 4.79 Å². The van der Waals surface area contributed by atoms with Gasteiger partial charge in [0.15, 0.2) is 5.78 Å². The predicted octanol–water partition coefficient (Wildman–Crippen LogP) is 2.09. The van der Waals surface area contributed by atoms with Gasteiger partial charge in [-0.25, -0.2) is 0 Å². The van der Waals surface area contributed by atoms with Gasteiger partial charge in [-0.05, 0) is 5.92 Å². The van der Waals surface area contributed by atoms with Gasteiger partial charge in [0.05, 0.1) is 5.88 Å². The van der Waals surface area contributed by atoms with E-state index in [-0.39, 0.29) is 17.6 Å². The van der Waals surface area contributed by atoms with E-state index < -0.39 is 0 Å². The molecule has 9 heavy (non-hydrogen) atoms. The van der Waals surface area contributed by atoms with Crippen molar-refractivity contribution in [1.29, 1.82) is 0 Å². The summed E-state index contributed by atoms with van der Waals surface area (Å²) in [6.45, 7) is 5.96. The van der Waals surface area contributed by atoms with Crippen LogP contribution in [0.25, 0.3) is 0 Å². The summed E-state index contributed by atoms with van der Waals surface area (Å²) in [4.78, 5) is 10.8. The number of alkyl halides is 1. The summed E-state index contributed by atoms with van der Waals surface area (Å²) in [7, 11) is 0. The Morgan fingerprint density at radius 3 is 2.00 bits per heavy atom. The molecule has 0 amide bonds. The Labute approximate surface area is 61.4 Å². The minimum absolute atomic E-state index is 0.113. The summed E-state index contributed by atoms with van der Waals surface area (Å²) in [5, 5.41) is 0. The Hall–Kier alpha value is -0.0400. The molecule has 54 valence electrons. The van der Waals surface area contributed by atoms with E-state index in [1.807, 2.05) is 20.8 Å². The third-order valence-electron chi connectivity index (χ3n) is 1.64. The summed E-state index contributed by atoms with van der Waals surface area (Å²) in [5.74, 6) is 0.824. The van der Waals surface area contributed by atoms with Crippen molar-refractivity contribution in [1.82, 2.24) is 0 Å². The van der Waals surface area contributed by atoms with Gasteiger partial charge in [-0.2, -0.15) is 0 Å². The molecule has 0 bridgehead atoms. The molecule has 0 aliphatic carbocycles. The lowest BCUT2D eigenvalue weighted by Crippen LogP contribution is -2.17. The largest absolute Gasteiger partial charge is 0.298 e. The Morgan fingerprint density at radius 1 is 1.44 bits per heavy atom. The van der Waals surface area contributed by atoms with Gasteiger partial charge >= 0.3 is 0 Å². The van der Waals surface area contributed by atoms with Gasteiger partial charge in [-0.15, -0.1) is 11.6 Å². The van der Waals surface area contributed by atoms with Crippen molar-refractivity contribution in [3.8, 4) is 0 Å². The first-order valence-corrected chi connectivity index (χ1v) is 3.71. The Balaban J connectivity index is 3.72. The minimum Gasteiger partial charge on any atom is -0.298 e. The van der Waals surface area contributed by atoms with E-state index in [1.54, 1.807) is 0 Å². The Kier molecular flexibility index (Phi) is 3.87. The first kappa shape index (κ1) is 8.96. The zero-order valence-corrected chi connectivity index (χ0v) is 6.90. The maximum atomic E-state index is 10.8. The van der Waals surface area contributed by atoms with Crippen molar-refractivity contribution in [2.75, 3.05) is 5.88 Å². The molecule has 1 nitrogen and oxygen atoms in total. The summed E-state index contributed by atoms with van der Waals surface area (Å²) in [6.07, 6.45) is 0. The van der Waals surface area contributed by atoms with Crippen molar-refractivity contribution in [3.05, 3.63) is 0 Å². The average molecular weight is 149 g/mol. The predicted molar refractivity (Wildman–Crippen MR) is 39.7 cm³/mol. The highest BCUT2D eigenvalue weighted by Gasteiger charge is 2.14. The van der Waals surface area contributed by atoms with Gasteiger partial charge < -0.3 is 0 Å². The molecule has 0 rings (SSSR count). The van der Waals surface area contributed by atoms with Crippen LogP contribution in [-0.4, -0.2) is 11.7 Å². The van der Waals surface area contributed by atoms with Gasteiger partial charge in [0, 0.05) is 5.92 Å². The first-order chi connectivity index (χ1) is 4.09. The molecule has 0 fully saturated rings. The van der Waals surface area contributed by atoms with Gasteiger partial charge in [-0.3, -0.25) is 4.79 Å². The molecule has 0 aromatic carbocycles. The van der Waals surface area contributed by atoms with Crippen molar-refractivity contribution >= 4 is 17.4 Å². The van der Waals surface area contributed by atoms with Gasteiger partial charge in [0.25, 0.3) is 0 Å². The second-order valence-electron chi connectivity index (χ2n) is 2.63. The molecule has 2 heteroatoms. The summed E-state index contributed by atoms with van der Waals surface area (Å²) in [6, 6.07) is 0. The van der Waals surface area contributed by atoms with Crippen LogP contribution in [0.1, 0.15) is 20.8 Å². The molecule has 1 atom stereocenters. The molecule has 0 saturated heterocycles. The Bertz CT molecular complexity index is 99.1. The van der Waals surface area contributed by atoms with Crippen LogP contribution >= 0.6 is 11.6 Å². The molecule has 0 aliphatic rings. The molecule has 0 spiro atoms. The van der Waals surface area contributed by atoms with E-state index in [0.717, 1.165) is 0 Å². The molecule has 0 radical (unpaired) electrons. The number of carbonyl (C=O) groups excluding carboxylic acids is 1. The summed E-state index contributed by atoms with van der Waals surface area (Å²) < 4.78 is 0. The average Bonchev–Trinajstić information content (AvgIpc) is 1.84. The number of carbonyl (C=O) groups is 1. The molecule has 0 heterocycles. The standard InChI is InChI=1S/C7H13ClO/c1-5(2)6(3)7(9)4-8/h5-6H,4H2,1-3H3. The zero-order chi connectivity index (χ0) is 7.44. The third-order valence-corrected chi connectivity index (χ3v) is 1.90. The normalized spacial score (nSPS) is 13.9. The van der Waals surface area contributed by atoms with Crippen molar-refractivity contribution in [2.45, 2.75) is 20.8 Å². The lowest BCUT2D eigenvalue weighted by Gasteiger charge is -2.11. The van der Waals surface area contributed by atoms with Crippen LogP contribution in [0, 0.1) is 11.8 Å². The van der Waals surface area contributed by atoms with Crippen LogP contribution in [0.4, 0.5) is 0 Å². The second kappa shape index (κ2) is 3.89. The van der Waals surface area contributed by atoms with E-state index in [4.69, 9.17) is 11.6 Å². The molecular weight excluding hydrogens is 136 g/mol. The van der Waals surface area contributed by atoms with E-state index in [0.29, 0.717) is 5.92 Å². The number of hydrogen-bond donors (Lipinski definition) is 0. The zero-order valence-electron chi connectivity index (χ0n) is 6.15. The lowest BCUT2D eigenvalue weighted by atomic mass is 9.95. The number of hydrogen-bond acceptors (Lipinski definition) is 1. The summed E-state index contributed by atoms with van der Waals surface area (Å²) in [5.41, 5.74) is 0. The molecule has 0 aromatic heterocycles. The Morgan fingerprint density at radius 2 is 1.89 bits per heavy atom. The quantitative estimate of drug-likeness (QED) is 0.561. The molecular formula is C7H13ClO. The summed E-state index contributed by atoms with van der Waals surface area (Å²) >= 11 is 5.34. The fourth-order valence-corrected chi connectivity index (χ4v) is 0.737. The highest BCUT2D eigenvalue weighted by Crippen LogP contribution is 2.10. The fraction of sp³-hybridized carbons (Fsp3) is 0.857. The van der Waals surface area contributed by atoms with Crippen LogP contribution in [0.15, 0.2) is 0 Å². The highest BCUT2D eigenvalue weighted by atomic mass is 35.5. The molecule has 1 unspecified atom stereocenters. The topological polar surface area (TPSA) is 17.1 Å². The minimum atomic E-state index is 0.113. The SMILES string of the molecule is CC(C)C(C)C(=O)CCl. The number of halogens is 1. The fourth-order valence-electron chi connectivity index (χ4n) is 0.493. The molecule has 0 aromatic rings. The van der Waals surface area contributed by atoms with Crippen LogP contribution in [0.2, 0.25) is 0 Å². The van der Waals surface area contributed by atoms with E-state index >= 15 is 0 Å². The lowest BCUT2D eigenvalue weighted by molar-refractivity contribution is -0.121. The highest BCUT2D eigenvalue weighted by molar-refractivity contribution is 6.27. The van der Waals surface area contributed by atoms with Crippen LogP contribution in [-0.2, 0) is 4.79 Å².